The second kappa shape index (κ2) is 11.6. The Kier molecular flexibility index (Phi) is 8.57. The zero-order valence-corrected chi connectivity index (χ0v) is 20.9. The van der Waals surface area contributed by atoms with E-state index in [4.69, 9.17) is 18.9 Å². The van der Waals surface area contributed by atoms with Crippen molar-refractivity contribution in [3.63, 3.8) is 0 Å². The topological polar surface area (TPSA) is 78.9 Å². The summed E-state index contributed by atoms with van der Waals surface area (Å²) in [5.41, 5.74) is 3.18. The number of methoxy groups -OCH3 is 2. The van der Waals surface area contributed by atoms with E-state index in [0.29, 0.717) is 28.7 Å². The van der Waals surface area contributed by atoms with Gasteiger partial charge in [-0.3, -0.25) is 10.3 Å². The largest absolute Gasteiger partial charge is 0.493 e. The molecule has 1 N–H and O–H groups in total. The number of anilines is 1. The van der Waals surface area contributed by atoms with Crippen molar-refractivity contribution in [1.82, 2.24) is 4.98 Å². The average molecular weight is 467 g/mol. The molecule has 1 atom stereocenters. The summed E-state index contributed by atoms with van der Waals surface area (Å²) in [6, 6.07) is 9.28. The number of carbonyl (C=O) groups excluding carboxylic acids is 1. The lowest BCUT2D eigenvalue weighted by Crippen LogP contribution is -2.20. The molecule has 1 unspecified atom stereocenters. The predicted octanol–water partition coefficient (Wildman–Crippen LogP) is 7.18. The summed E-state index contributed by atoms with van der Waals surface area (Å²) >= 11 is 0. The summed E-state index contributed by atoms with van der Waals surface area (Å²) in [5, 5.41) is 3.67. The Bertz CT molecular complexity index is 1150. The molecule has 0 aliphatic carbocycles. The maximum absolute atomic E-state index is 12.4. The van der Waals surface area contributed by atoms with Crippen molar-refractivity contribution in [2.75, 3.05) is 19.5 Å². The molecule has 0 saturated heterocycles. The van der Waals surface area contributed by atoms with Crippen LogP contribution >= 0.6 is 0 Å². The summed E-state index contributed by atoms with van der Waals surface area (Å²) in [6.45, 7) is 7.94. The number of ether oxygens (including phenoxy) is 4. The minimum atomic E-state index is -0.443. The Morgan fingerprint density at radius 1 is 0.971 bits per heavy atom. The van der Waals surface area contributed by atoms with Gasteiger partial charge in [0.25, 0.3) is 0 Å². The minimum Gasteiger partial charge on any atom is -0.493 e. The van der Waals surface area contributed by atoms with Crippen LogP contribution in [0.2, 0.25) is 0 Å². The van der Waals surface area contributed by atoms with Gasteiger partial charge in [0.1, 0.15) is 17.6 Å². The van der Waals surface area contributed by atoms with Gasteiger partial charge in [-0.1, -0.05) is 19.8 Å². The molecule has 7 heteroatoms. The van der Waals surface area contributed by atoms with Crippen molar-refractivity contribution in [2.45, 2.75) is 59.5 Å². The van der Waals surface area contributed by atoms with Gasteiger partial charge in [-0.15, -0.1) is 0 Å². The number of amides is 1. The van der Waals surface area contributed by atoms with Gasteiger partial charge < -0.3 is 18.9 Å². The third-order valence-corrected chi connectivity index (χ3v) is 5.71. The molecule has 182 valence electrons. The third kappa shape index (κ3) is 6.10. The summed E-state index contributed by atoms with van der Waals surface area (Å²) in [7, 11) is 3.19. The number of unbranched alkanes of at least 4 members (excludes halogenated alkanes) is 2. The summed E-state index contributed by atoms with van der Waals surface area (Å²) in [6.07, 6.45) is 5.33. The zero-order valence-electron chi connectivity index (χ0n) is 20.9. The second-order valence-electron chi connectivity index (χ2n) is 8.40. The number of aryl methyl sites for hydroxylation is 2. The fraction of sp³-hybridized carbons (Fsp3) is 0.407. The molecule has 0 fully saturated rings. The molecule has 0 bridgehead atoms. The summed E-state index contributed by atoms with van der Waals surface area (Å²) in [4.78, 5) is 16.8. The molecule has 0 radical (unpaired) electrons. The standard InChI is InChI=1S/C27H34N2O5/c1-7-8-9-10-19(4)33-27(30)29-21-13-18(3)24(14-17(21)2)34-23-11-12-28-22-16-26(32-6)25(31-5)15-20(22)23/h11-16,19H,7-10H2,1-6H3,(H,29,30). The van der Waals surface area contributed by atoms with Crippen molar-refractivity contribution >= 4 is 22.7 Å². The molecular weight excluding hydrogens is 432 g/mol. The van der Waals surface area contributed by atoms with Crippen LogP contribution in [0, 0.1) is 13.8 Å². The zero-order chi connectivity index (χ0) is 24.7. The van der Waals surface area contributed by atoms with E-state index in [0.717, 1.165) is 47.7 Å². The van der Waals surface area contributed by atoms with Gasteiger partial charge in [-0.05, 0) is 69.0 Å². The summed E-state index contributed by atoms with van der Waals surface area (Å²) < 4.78 is 22.6. The average Bonchev–Trinajstić information content (AvgIpc) is 2.81. The Balaban J connectivity index is 1.78. The molecule has 3 aromatic rings. The highest BCUT2D eigenvalue weighted by Gasteiger charge is 2.15. The molecule has 1 aromatic heterocycles. The molecule has 0 aliphatic heterocycles. The lowest BCUT2D eigenvalue weighted by Gasteiger charge is -2.17. The lowest BCUT2D eigenvalue weighted by molar-refractivity contribution is 0.114. The first kappa shape index (κ1) is 25.1. The number of pyridine rings is 1. The van der Waals surface area contributed by atoms with Crippen LogP contribution in [0.5, 0.6) is 23.0 Å². The number of nitrogens with zero attached hydrogens (tertiary/aromatic N) is 1. The molecule has 0 aliphatic rings. The first-order valence-electron chi connectivity index (χ1n) is 11.6. The van der Waals surface area contributed by atoms with Gasteiger partial charge in [0.05, 0.1) is 19.7 Å². The SMILES string of the molecule is CCCCCC(C)OC(=O)Nc1cc(C)c(Oc2ccnc3cc(OC)c(OC)cc23)cc1C. The van der Waals surface area contributed by atoms with E-state index in [9.17, 15) is 4.79 Å². The minimum absolute atomic E-state index is 0.119. The van der Waals surface area contributed by atoms with Crippen LogP contribution < -0.4 is 19.5 Å². The molecule has 34 heavy (non-hydrogen) atoms. The predicted molar refractivity (Wildman–Crippen MR) is 135 cm³/mol. The highest BCUT2D eigenvalue weighted by atomic mass is 16.6. The van der Waals surface area contributed by atoms with Gasteiger partial charge >= 0.3 is 6.09 Å². The molecule has 0 saturated carbocycles. The van der Waals surface area contributed by atoms with Crippen molar-refractivity contribution in [3.8, 4) is 23.0 Å². The maximum atomic E-state index is 12.4. The normalized spacial score (nSPS) is 11.7. The fourth-order valence-electron chi connectivity index (χ4n) is 3.75. The summed E-state index contributed by atoms with van der Waals surface area (Å²) in [5.74, 6) is 2.54. The number of benzene rings is 2. The molecule has 2 aromatic carbocycles. The number of hydrogen-bond donors (Lipinski definition) is 1. The number of rotatable bonds is 10. The molecular formula is C27H34N2O5. The monoisotopic (exact) mass is 466 g/mol. The quantitative estimate of drug-likeness (QED) is 0.319. The van der Waals surface area contributed by atoms with E-state index in [2.05, 4.69) is 17.2 Å². The number of carbonyl (C=O) groups is 1. The van der Waals surface area contributed by atoms with E-state index in [1.54, 1.807) is 20.4 Å². The smallest absolute Gasteiger partial charge is 0.411 e. The molecule has 7 nitrogen and oxygen atoms in total. The van der Waals surface area contributed by atoms with E-state index < -0.39 is 6.09 Å². The van der Waals surface area contributed by atoms with Crippen LogP contribution in [-0.4, -0.2) is 31.4 Å². The van der Waals surface area contributed by atoms with Crippen molar-refractivity contribution < 1.29 is 23.7 Å². The van der Waals surface area contributed by atoms with E-state index in [-0.39, 0.29) is 6.10 Å². The highest BCUT2D eigenvalue weighted by molar-refractivity contribution is 5.89. The van der Waals surface area contributed by atoms with E-state index in [1.807, 2.05) is 51.1 Å². The number of aromatic nitrogens is 1. The third-order valence-electron chi connectivity index (χ3n) is 5.71. The molecule has 3 rings (SSSR count). The fourth-order valence-corrected chi connectivity index (χ4v) is 3.75. The van der Waals surface area contributed by atoms with Crippen LogP contribution in [0.25, 0.3) is 10.9 Å². The number of nitrogens with one attached hydrogen (secondary N) is 1. The van der Waals surface area contributed by atoms with Gasteiger partial charge in [0.15, 0.2) is 11.5 Å². The first-order chi connectivity index (χ1) is 16.4. The van der Waals surface area contributed by atoms with Crippen LogP contribution in [0.3, 0.4) is 0 Å². The first-order valence-corrected chi connectivity index (χ1v) is 11.6. The van der Waals surface area contributed by atoms with Crippen LogP contribution in [0.15, 0.2) is 36.5 Å². The molecule has 0 spiro atoms. The maximum Gasteiger partial charge on any atom is 0.411 e. The highest BCUT2D eigenvalue weighted by Crippen LogP contribution is 2.38. The Hall–Kier alpha value is -3.48. The molecule has 1 heterocycles. The Morgan fingerprint density at radius 3 is 2.41 bits per heavy atom. The van der Waals surface area contributed by atoms with Gasteiger partial charge in [0, 0.05) is 23.3 Å². The Morgan fingerprint density at radius 2 is 1.71 bits per heavy atom. The number of hydrogen-bond acceptors (Lipinski definition) is 6. The van der Waals surface area contributed by atoms with Gasteiger partial charge in [-0.2, -0.15) is 0 Å². The van der Waals surface area contributed by atoms with Crippen molar-refractivity contribution in [3.05, 3.63) is 47.7 Å². The van der Waals surface area contributed by atoms with Crippen LogP contribution in [0.1, 0.15) is 50.7 Å². The van der Waals surface area contributed by atoms with E-state index in [1.165, 1.54) is 0 Å². The van der Waals surface area contributed by atoms with E-state index >= 15 is 0 Å². The van der Waals surface area contributed by atoms with Crippen molar-refractivity contribution in [2.24, 2.45) is 0 Å². The van der Waals surface area contributed by atoms with Crippen molar-refractivity contribution in [1.29, 1.82) is 0 Å². The molecule has 1 amide bonds. The van der Waals surface area contributed by atoms with Crippen LogP contribution in [-0.2, 0) is 4.74 Å². The Labute approximate surface area is 201 Å². The second-order valence-corrected chi connectivity index (χ2v) is 8.40. The van der Waals surface area contributed by atoms with Gasteiger partial charge in [-0.25, -0.2) is 4.79 Å². The number of fused-ring (bicyclic) bond motifs is 1. The lowest BCUT2D eigenvalue weighted by atomic mass is 10.1. The van der Waals surface area contributed by atoms with Gasteiger partial charge in [0.2, 0.25) is 0 Å². The van der Waals surface area contributed by atoms with Crippen LogP contribution in [0.4, 0.5) is 10.5 Å².